The quantitative estimate of drug-likeness (QED) is 0.470. The molecule has 0 bridgehead atoms. The van der Waals surface area contributed by atoms with Crippen LogP contribution >= 0.6 is 0 Å². The topological polar surface area (TPSA) is 131 Å². The van der Waals surface area contributed by atoms with Crippen LogP contribution in [0.25, 0.3) is 0 Å². The first-order valence-electron chi connectivity index (χ1n) is 11.7. The SMILES string of the molecule is CC1(C)[C@@H]2[C@@H](C(=O)NC(C[C@@H]3CCNC3=O)C(=O)COC(F)(F)F)N(C(=O)c3cc(C(F)(F)F)on3)C[C@@H]21. The van der Waals surface area contributed by atoms with Crippen LogP contribution in [0.1, 0.15) is 42.9 Å². The van der Waals surface area contributed by atoms with Gasteiger partial charge in [0.15, 0.2) is 11.5 Å². The maximum Gasteiger partial charge on any atom is 0.522 e. The number of halogens is 6. The van der Waals surface area contributed by atoms with Crippen molar-refractivity contribution >= 4 is 23.5 Å². The van der Waals surface area contributed by atoms with Crippen molar-refractivity contribution in [2.24, 2.45) is 23.2 Å². The van der Waals surface area contributed by atoms with E-state index in [9.17, 15) is 45.5 Å². The molecule has 5 atom stereocenters. The molecule has 3 heterocycles. The van der Waals surface area contributed by atoms with Crippen molar-refractivity contribution in [2.75, 3.05) is 19.7 Å². The molecule has 1 saturated carbocycles. The number of fused-ring (bicyclic) bond motifs is 1. The predicted octanol–water partition coefficient (Wildman–Crippen LogP) is 1.91. The van der Waals surface area contributed by atoms with Crippen LogP contribution < -0.4 is 10.6 Å². The Morgan fingerprint density at radius 2 is 1.95 bits per heavy atom. The Morgan fingerprint density at radius 3 is 2.50 bits per heavy atom. The summed E-state index contributed by atoms with van der Waals surface area (Å²) >= 11 is 0. The first-order valence-corrected chi connectivity index (χ1v) is 11.7. The Labute approximate surface area is 211 Å². The second-order valence-electron chi connectivity index (χ2n) is 10.2. The molecule has 2 aliphatic heterocycles. The molecule has 3 amide bonds. The van der Waals surface area contributed by atoms with Crippen LogP contribution in [0.2, 0.25) is 0 Å². The van der Waals surface area contributed by atoms with Gasteiger partial charge in [0.05, 0.1) is 6.04 Å². The van der Waals surface area contributed by atoms with Crippen LogP contribution in [0, 0.1) is 23.2 Å². The number of alkyl halides is 6. The van der Waals surface area contributed by atoms with E-state index >= 15 is 0 Å². The molecule has 1 aromatic rings. The number of carbonyl (C=O) groups is 4. The van der Waals surface area contributed by atoms with Crippen molar-refractivity contribution in [3.05, 3.63) is 17.5 Å². The second-order valence-corrected chi connectivity index (χ2v) is 10.2. The predicted molar refractivity (Wildman–Crippen MR) is 112 cm³/mol. The minimum Gasteiger partial charge on any atom is -0.356 e. The van der Waals surface area contributed by atoms with Gasteiger partial charge >= 0.3 is 12.5 Å². The van der Waals surface area contributed by atoms with Crippen LogP contribution in [-0.4, -0.2) is 71.7 Å². The Kier molecular flexibility index (Phi) is 6.99. The van der Waals surface area contributed by atoms with E-state index in [-0.39, 0.29) is 31.8 Å². The summed E-state index contributed by atoms with van der Waals surface area (Å²) in [5.74, 6) is -6.35. The number of aromatic nitrogens is 1. The molecule has 4 rings (SSSR count). The highest BCUT2D eigenvalue weighted by Crippen LogP contribution is 2.65. The number of ketones is 1. The van der Waals surface area contributed by atoms with Crippen molar-refractivity contribution < 1.29 is 54.8 Å². The summed E-state index contributed by atoms with van der Waals surface area (Å²) in [6.45, 7) is 2.53. The van der Waals surface area contributed by atoms with Gasteiger partial charge in [0, 0.05) is 25.1 Å². The summed E-state index contributed by atoms with van der Waals surface area (Å²) in [5, 5.41) is 8.07. The number of hydrogen-bond acceptors (Lipinski definition) is 7. The smallest absolute Gasteiger partial charge is 0.356 e. The average Bonchev–Trinajstić information content (AvgIpc) is 3.35. The Morgan fingerprint density at radius 1 is 1.26 bits per heavy atom. The highest BCUT2D eigenvalue weighted by Gasteiger charge is 2.69. The fourth-order valence-electron chi connectivity index (χ4n) is 5.39. The van der Waals surface area contributed by atoms with E-state index in [1.165, 1.54) is 0 Å². The Balaban J connectivity index is 1.54. The van der Waals surface area contributed by atoms with E-state index in [4.69, 9.17) is 0 Å². The van der Waals surface area contributed by atoms with E-state index in [0.29, 0.717) is 6.07 Å². The van der Waals surface area contributed by atoms with E-state index in [1.54, 1.807) is 0 Å². The number of hydrogen-bond donors (Lipinski definition) is 2. The normalized spacial score (nSPS) is 27.1. The number of amides is 3. The highest BCUT2D eigenvalue weighted by molar-refractivity contribution is 5.99. The zero-order valence-corrected chi connectivity index (χ0v) is 20.1. The van der Waals surface area contributed by atoms with E-state index in [1.807, 2.05) is 13.8 Å². The van der Waals surface area contributed by atoms with Crippen molar-refractivity contribution in [1.29, 1.82) is 0 Å². The maximum atomic E-state index is 13.4. The monoisotopic (exact) mass is 554 g/mol. The van der Waals surface area contributed by atoms with E-state index in [2.05, 4.69) is 25.1 Å². The second kappa shape index (κ2) is 9.54. The number of rotatable bonds is 8. The highest BCUT2D eigenvalue weighted by atomic mass is 19.4. The third-order valence-corrected chi connectivity index (χ3v) is 7.51. The third-order valence-electron chi connectivity index (χ3n) is 7.51. The number of ether oxygens (including phenoxy) is 1. The molecule has 1 aromatic heterocycles. The average molecular weight is 554 g/mol. The number of Topliss-reactive ketones (excluding diaryl/α,β-unsaturated/α-hetero) is 1. The Hall–Kier alpha value is -3.17. The molecule has 1 aliphatic carbocycles. The Bertz CT molecular complexity index is 1130. The lowest BCUT2D eigenvalue weighted by Crippen LogP contribution is -2.54. The summed E-state index contributed by atoms with van der Waals surface area (Å²) in [6.07, 6.45) is -10.0. The van der Waals surface area contributed by atoms with Gasteiger partial charge in [-0.3, -0.25) is 23.9 Å². The van der Waals surface area contributed by atoms with Crippen LogP contribution in [0.15, 0.2) is 10.6 Å². The van der Waals surface area contributed by atoms with Gasteiger partial charge in [-0.05, 0) is 30.1 Å². The number of likely N-dealkylation sites (tertiary alicyclic amines) is 1. The van der Waals surface area contributed by atoms with E-state index in [0.717, 1.165) is 4.90 Å². The van der Waals surface area contributed by atoms with Crippen LogP contribution in [-0.2, 0) is 25.3 Å². The molecular weight excluding hydrogens is 530 g/mol. The molecule has 2 saturated heterocycles. The standard InChI is InChI=1S/C22H24F6N4O6/c1-20(2)10-7-32(19(36)12-6-14(38-31-12)21(23,24)25)16(15(10)20)18(35)30-11(5-9-3-4-29-17(9)34)13(33)8-37-22(26,27)28/h6,9-11,15-16H,3-5,7-8H2,1-2H3,(H,29,34)(H,30,35)/t9-,10-,11?,15-,16-/m0/s1. The van der Waals surface area contributed by atoms with E-state index < -0.39 is 83.4 Å². The van der Waals surface area contributed by atoms with Gasteiger partial charge in [-0.15, -0.1) is 13.2 Å². The lowest BCUT2D eigenvalue weighted by atomic mass is 9.94. The molecule has 3 aliphatic rings. The zero-order chi connectivity index (χ0) is 28.2. The van der Waals surface area contributed by atoms with Crippen LogP contribution in [0.4, 0.5) is 26.3 Å². The fraction of sp³-hybridized carbons (Fsp3) is 0.682. The van der Waals surface area contributed by atoms with Crippen molar-refractivity contribution in [1.82, 2.24) is 20.7 Å². The molecular formula is C22H24F6N4O6. The third kappa shape index (κ3) is 5.49. The molecule has 16 heteroatoms. The summed E-state index contributed by atoms with van der Waals surface area (Å²) in [4.78, 5) is 52.1. The summed E-state index contributed by atoms with van der Waals surface area (Å²) in [6, 6.07) is -2.38. The van der Waals surface area contributed by atoms with Gasteiger partial charge in [-0.1, -0.05) is 19.0 Å². The minimum atomic E-state index is -5.11. The van der Waals surface area contributed by atoms with Crippen molar-refractivity contribution in [2.45, 2.75) is 51.3 Å². The summed E-state index contributed by atoms with van der Waals surface area (Å²) in [5.41, 5.74) is -1.10. The first kappa shape index (κ1) is 27.9. The number of nitrogens with zero attached hydrogens (tertiary/aromatic N) is 2. The van der Waals surface area contributed by atoms with Gasteiger partial charge in [0.2, 0.25) is 17.6 Å². The molecule has 0 aromatic carbocycles. The molecule has 3 fully saturated rings. The minimum absolute atomic E-state index is 0.00360. The molecule has 2 N–H and O–H groups in total. The fourth-order valence-corrected chi connectivity index (χ4v) is 5.39. The number of piperidine rings is 1. The van der Waals surface area contributed by atoms with Gasteiger partial charge in [-0.25, -0.2) is 0 Å². The van der Waals surface area contributed by atoms with Crippen LogP contribution in [0.3, 0.4) is 0 Å². The lowest BCUT2D eigenvalue weighted by molar-refractivity contribution is -0.321. The molecule has 210 valence electrons. The molecule has 10 nitrogen and oxygen atoms in total. The summed E-state index contributed by atoms with van der Waals surface area (Å²) < 4.78 is 84.1. The first-order chi connectivity index (χ1) is 17.5. The van der Waals surface area contributed by atoms with Gasteiger partial charge in [0.25, 0.3) is 5.91 Å². The molecule has 1 unspecified atom stereocenters. The largest absolute Gasteiger partial charge is 0.522 e. The number of nitrogens with one attached hydrogen (secondary N) is 2. The number of carbonyl (C=O) groups excluding carboxylic acids is 4. The molecule has 0 radical (unpaired) electrons. The zero-order valence-electron chi connectivity index (χ0n) is 20.1. The van der Waals surface area contributed by atoms with Gasteiger partial charge in [0.1, 0.15) is 12.6 Å². The van der Waals surface area contributed by atoms with Crippen molar-refractivity contribution in [3.63, 3.8) is 0 Å². The lowest BCUT2D eigenvalue weighted by Gasteiger charge is -2.31. The maximum absolute atomic E-state index is 13.4. The van der Waals surface area contributed by atoms with Gasteiger partial charge in [-0.2, -0.15) is 13.2 Å². The van der Waals surface area contributed by atoms with Crippen LogP contribution in [0.5, 0.6) is 0 Å². The molecule has 38 heavy (non-hydrogen) atoms. The van der Waals surface area contributed by atoms with Gasteiger partial charge < -0.3 is 20.1 Å². The van der Waals surface area contributed by atoms with Crippen molar-refractivity contribution in [3.8, 4) is 0 Å². The molecule has 0 spiro atoms. The summed E-state index contributed by atoms with van der Waals surface area (Å²) in [7, 11) is 0.